The summed E-state index contributed by atoms with van der Waals surface area (Å²) < 4.78 is 0. The first-order valence-corrected chi connectivity index (χ1v) is 6.68. The third-order valence-corrected chi connectivity index (χ3v) is 4.22. The summed E-state index contributed by atoms with van der Waals surface area (Å²) in [4.78, 5) is 2.76. The highest BCUT2D eigenvalue weighted by Crippen LogP contribution is 2.30. The van der Waals surface area contributed by atoms with Crippen LogP contribution in [0.3, 0.4) is 0 Å². The molecule has 15 heavy (non-hydrogen) atoms. The molecule has 0 radical (unpaired) electrons. The van der Waals surface area contributed by atoms with Crippen molar-refractivity contribution >= 4 is 0 Å². The third kappa shape index (κ3) is 2.94. The maximum Gasteiger partial charge on any atom is 0.00984 e. The van der Waals surface area contributed by atoms with Gasteiger partial charge >= 0.3 is 0 Å². The standard InChI is InChI=1S/C13H26N2/c1-11-6-7-15(10-11)13-5-3-4-12(8-13)9-14-2/h11-14H,3-10H2,1-2H3. The van der Waals surface area contributed by atoms with Crippen molar-refractivity contribution in [3.05, 3.63) is 0 Å². The lowest BCUT2D eigenvalue weighted by Gasteiger charge is -2.35. The maximum absolute atomic E-state index is 3.34. The van der Waals surface area contributed by atoms with Gasteiger partial charge in [-0.25, -0.2) is 0 Å². The molecule has 2 aliphatic rings. The van der Waals surface area contributed by atoms with Gasteiger partial charge in [-0.15, -0.1) is 0 Å². The van der Waals surface area contributed by atoms with Crippen LogP contribution in [0.2, 0.25) is 0 Å². The van der Waals surface area contributed by atoms with Gasteiger partial charge in [-0.05, 0) is 57.7 Å². The van der Waals surface area contributed by atoms with Gasteiger partial charge in [0.2, 0.25) is 0 Å². The fourth-order valence-electron chi connectivity index (χ4n) is 3.37. The monoisotopic (exact) mass is 210 g/mol. The van der Waals surface area contributed by atoms with Crippen LogP contribution in [-0.2, 0) is 0 Å². The van der Waals surface area contributed by atoms with Gasteiger partial charge in [0, 0.05) is 12.6 Å². The highest BCUT2D eigenvalue weighted by Gasteiger charge is 2.29. The summed E-state index contributed by atoms with van der Waals surface area (Å²) in [6.07, 6.45) is 7.20. The molecule has 0 spiro atoms. The molecule has 88 valence electrons. The number of nitrogens with one attached hydrogen (secondary N) is 1. The van der Waals surface area contributed by atoms with Gasteiger partial charge in [0.05, 0.1) is 0 Å². The molecule has 0 aromatic heterocycles. The van der Waals surface area contributed by atoms with Gasteiger partial charge < -0.3 is 10.2 Å². The molecule has 1 saturated heterocycles. The van der Waals surface area contributed by atoms with Crippen molar-refractivity contribution in [3.63, 3.8) is 0 Å². The largest absolute Gasteiger partial charge is 0.319 e. The summed E-state index contributed by atoms with van der Waals surface area (Å²) >= 11 is 0. The molecule has 2 nitrogen and oxygen atoms in total. The van der Waals surface area contributed by atoms with E-state index in [2.05, 4.69) is 24.2 Å². The third-order valence-electron chi connectivity index (χ3n) is 4.22. The predicted molar refractivity (Wildman–Crippen MR) is 65.0 cm³/mol. The number of nitrogens with zero attached hydrogens (tertiary/aromatic N) is 1. The fraction of sp³-hybridized carbons (Fsp3) is 1.00. The minimum atomic E-state index is 0.905. The Hall–Kier alpha value is -0.0800. The minimum Gasteiger partial charge on any atom is -0.319 e. The summed E-state index contributed by atoms with van der Waals surface area (Å²) in [5, 5.41) is 3.34. The average Bonchev–Trinajstić information content (AvgIpc) is 2.66. The molecule has 0 bridgehead atoms. The topological polar surface area (TPSA) is 15.3 Å². The van der Waals surface area contributed by atoms with Crippen LogP contribution in [0.15, 0.2) is 0 Å². The van der Waals surface area contributed by atoms with Crippen molar-refractivity contribution in [2.45, 2.75) is 45.1 Å². The summed E-state index contributed by atoms with van der Waals surface area (Å²) in [5.74, 6) is 1.87. The van der Waals surface area contributed by atoms with Gasteiger partial charge in [-0.1, -0.05) is 13.3 Å². The van der Waals surface area contributed by atoms with E-state index in [9.17, 15) is 0 Å². The Morgan fingerprint density at radius 2 is 2.13 bits per heavy atom. The lowest BCUT2D eigenvalue weighted by molar-refractivity contribution is 0.153. The first kappa shape index (κ1) is 11.4. The molecule has 3 atom stereocenters. The van der Waals surface area contributed by atoms with Crippen molar-refractivity contribution in [2.75, 3.05) is 26.7 Å². The van der Waals surface area contributed by atoms with Gasteiger partial charge in [0.1, 0.15) is 0 Å². The Morgan fingerprint density at radius 1 is 1.27 bits per heavy atom. The van der Waals surface area contributed by atoms with E-state index in [0.29, 0.717) is 0 Å². The lowest BCUT2D eigenvalue weighted by Crippen LogP contribution is -2.39. The normalized spacial score (nSPS) is 38.4. The summed E-state index contributed by atoms with van der Waals surface area (Å²) in [6, 6.07) is 0.905. The molecule has 1 aliphatic carbocycles. The molecule has 1 heterocycles. The summed E-state index contributed by atoms with van der Waals surface area (Å²) in [6.45, 7) is 6.34. The number of rotatable bonds is 3. The van der Waals surface area contributed by atoms with Crippen molar-refractivity contribution in [1.82, 2.24) is 10.2 Å². The summed E-state index contributed by atoms with van der Waals surface area (Å²) in [7, 11) is 2.08. The Balaban J connectivity index is 1.81. The summed E-state index contributed by atoms with van der Waals surface area (Å²) in [5.41, 5.74) is 0. The van der Waals surface area contributed by atoms with E-state index in [1.807, 2.05) is 0 Å². The highest BCUT2D eigenvalue weighted by atomic mass is 15.2. The highest BCUT2D eigenvalue weighted by molar-refractivity contribution is 4.85. The molecule has 2 fully saturated rings. The molecular weight excluding hydrogens is 184 g/mol. The molecule has 2 rings (SSSR count). The zero-order valence-electron chi connectivity index (χ0n) is 10.3. The minimum absolute atomic E-state index is 0.905. The van der Waals surface area contributed by atoms with Crippen molar-refractivity contribution in [1.29, 1.82) is 0 Å². The van der Waals surface area contributed by atoms with Crippen molar-refractivity contribution in [3.8, 4) is 0 Å². The van der Waals surface area contributed by atoms with Crippen LogP contribution in [0.5, 0.6) is 0 Å². The second-order valence-corrected chi connectivity index (χ2v) is 5.63. The van der Waals surface area contributed by atoms with E-state index in [1.165, 1.54) is 51.7 Å². The van der Waals surface area contributed by atoms with Gasteiger partial charge in [0.25, 0.3) is 0 Å². The first-order chi connectivity index (χ1) is 7.29. The Kier molecular flexibility index (Phi) is 4.04. The molecule has 1 aliphatic heterocycles. The van der Waals surface area contributed by atoms with Crippen LogP contribution in [0.1, 0.15) is 39.0 Å². The number of likely N-dealkylation sites (tertiary alicyclic amines) is 1. The van der Waals surface area contributed by atoms with E-state index >= 15 is 0 Å². The predicted octanol–water partition coefficient (Wildman–Crippen LogP) is 2.11. The second-order valence-electron chi connectivity index (χ2n) is 5.63. The van der Waals surface area contributed by atoms with Gasteiger partial charge in [0.15, 0.2) is 0 Å². The molecule has 0 amide bonds. The zero-order chi connectivity index (χ0) is 10.7. The van der Waals surface area contributed by atoms with Crippen LogP contribution in [0, 0.1) is 11.8 Å². The van der Waals surface area contributed by atoms with E-state index in [0.717, 1.165) is 17.9 Å². The number of hydrogen-bond acceptors (Lipinski definition) is 2. The molecule has 0 aromatic rings. The SMILES string of the molecule is CNCC1CCCC(N2CCC(C)C2)C1. The maximum atomic E-state index is 3.34. The van der Waals surface area contributed by atoms with Gasteiger partial charge in [-0.3, -0.25) is 0 Å². The van der Waals surface area contributed by atoms with Gasteiger partial charge in [-0.2, -0.15) is 0 Å². The molecule has 2 heteroatoms. The van der Waals surface area contributed by atoms with Crippen LogP contribution in [0.25, 0.3) is 0 Å². The first-order valence-electron chi connectivity index (χ1n) is 6.68. The van der Waals surface area contributed by atoms with Crippen LogP contribution < -0.4 is 5.32 Å². The fourth-order valence-corrected chi connectivity index (χ4v) is 3.37. The number of hydrogen-bond donors (Lipinski definition) is 1. The molecular formula is C13H26N2. The van der Waals surface area contributed by atoms with E-state index < -0.39 is 0 Å². The molecule has 0 aromatic carbocycles. The molecule has 3 unspecified atom stereocenters. The van der Waals surface area contributed by atoms with E-state index in [4.69, 9.17) is 0 Å². The van der Waals surface area contributed by atoms with E-state index in [1.54, 1.807) is 0 Å². The average molecular weight is 210 g/mol. The van der Waals surface area contributed by atoms with Crippen LogP contribution in [-0.4, -0.2) is 37.6 Å². The molecule has 1 N–H and O–H groups in total. The Bertz CT molecular complexity index is 191. The van der Waals surface area contributed by atoms with Crippen LogP contribution >= 0.6 is 0 Å². The second kappa shape index (κ2) is 5.31. The van der Waals surface area contributed by atoms with Crippen molar-refractivity contribution < 1.29 is 0 Å². The molecule has 1 saturated carbocycles. The van der Waals surface area contributed by atoms with Crippen molar-refractivity contribution in [2.24, 2.45) is 11.8 Å². The van der Waals surface area contributed by atoms with E-state index in [-0.39, 0.29) is 0 Å². The quantitative estimate of drug-likeness (QED) is 0.767. The zero-order valence-corrected chi connectivity index (χ0v) is 10.3. The van der Waals surface area contributed by atoms with Crippen LogP contribution in [0.4, 0.5) is 0 Å². The lowest BCUT2D eigenvalue weighted by atomic mass is 9.85. The smallest absolute Gasteiger partial charge is 0.00984 e. The Morgan fingerprint density at radius 3 is 2.80 bits per heavy atom. The Labute approximate surface area is 94.4 Å².